The molecule has 3 N–H and O–H groups in total. The van der Waals surface area contributed by atoms with Gasteiger partial charge in [-0.25, -0.2) is 4.98 Å². The fourth-order valence-electron chi connectivity index (χ4n) is 3.61. The Morgan fingerprint density at radius 3 is 2.58 bits per heavy atom. The van der Waals surface area contributed by atoms with Gasteiger partial charge in [0.25, 0.3) is 0 Å². The third-order valence-electron chi connectivity index (χ3n) is 5.08. The van der Waals surface area contributed by atoms with E-state index in [1.165, 1.54) is 0 Å². The van der Waals surface area contributed by atoms with Crippen molar-refractivity contribution in [1.29, 1.82) is 0 Å². The van der Waals surface area contributed by atoms with Crippen LogP contribution in [0.15, 0.2) is 42.5 Å². The summed E-state index contributed by atoms with van der Waals surface area (Å²) in [4.78, 5) is 4.82. The number of nitrogens with two attached hydrogens (primary N) is 1. The van der Waals surface area contributed by atoms with Gasteiger partial charge in [-0.15, -0.1) is 0 Å². The van der Waals surface area contributed by atoms with E-state index in [0.29, 0.717) is 28.7 Å². The second-order valence-electron chi connectivity index (χ2n) is 7.01. The Kier molecular flexibility index (Phi) is 5.07. The molecule has 0 radical (unpaired) electrons. The van der Waals surface area contributed by atoms with Crippen LogP contribution in [0.4, 0.5) is 5.95 Å². The van der Waals surface area contributed by atoms with E-state index in [9.17, 15) is 0 Å². The van der Waals surface area contributed by atoms with Crippen LogP contribution in [0.25, 0.3) is 11.0 Å². The average Bonchev–Trinajstić information content (AvgIpc) is 2.97. The average molecular weight is 389 g/mol. The molecule has 1 aliphatic rings. The maximum absolute atomic E-state index is 6.20. The van der Waals surface area contributed by atoms with Gasteiger partial charge in [0.1, 0.15) is 0 Å². The van der Waals surface area contributed by atoms with Crippen LogP contribution in [0.5, 0.6) is 0 Å². The van der Waals surface area contributed by atoms with Crippen LogP contribution in [0.2, 0.25) is 10.0 Å². The molecule has 1 aromatic heterocycles. The summed E-state index contributed by atoms with van der Waals surface area (Å²) >= 11 is 12.3. The number of hydrogen-bond donors (Lipinski definition) is 2. The zero-order valence-corrected chi connectivity index (χ0v) is 16.0. The molecule has 0 bridgehead atoms. The lowest BCUT2D eigenvalue weighted by Gasteiger charge is -2.27. The first kappa shape index (κ1) is 17.7. The number of benzene rings is 2. The lowest BCUT2D eigenvalue weighted by atomic mass is 9.92. The van der Waals surface area contributed by atoms with Gasteiger partial charge in [0.15, 0.2) is 0 Å². The van der Waals surface area contributed by atoms with Crippen molar-refractivity contribution in [1.82, 2.24) is 9.55 Å². The van der Waals surface area contributed by atoms with Crippen LogP contribution in [0.1, 0.15) is 31.2 Å². The Labute approximate surface area is 163 Å². The molecule has 0 aliphatic heterocycles. The number of nitrogens with zero attached hydrogens (tertiary/aromatic N) is 2. The molecule has 0 saturated heterocycles. The van der Waals surface area contributed by atoms with E-state index in [1.54, 1.807) is 0 Å². The van der Waals surface area contributed by atoms with E-state index in [4.69, 9.17) is 33.9 Å². The minimum atomic E-state index is 0.336. The summed E-state index contributed by atoms with van der Waals surface area (Å²) in [5.41, 5.74) is 9.23. The molecule has 4 rings (SSSR count). The van der Waals surface area contributed by atoms with Gasteiger partial charge in [0, 0.05) is 12.1 Å². The third-order valence-corrected chi connectivity index (χ3v) is 5.82. The fourth-order valence-corrected chi connectivity index (χ4v) is 3.93. The smallest absolute Gasteiger partial charge is 0.204 e. The number of anilines is 1. The predicted octanol–water partition coefficient (Wildman–Crippen LogP) is 5.07. The third kappa shape index (κ3) is 3.68. The van der Waals surface area contributed by atoms with Crippen molar-refractivity contribution in [2.45, 2.75) is 44.3 Å². The number of imidazole rings is 1. The number of fused-ring (bicyclic) bond motifs is 1. The Bertz CT molecular complexity index is 913. The van der Waals surface area contributed by atoms with Gasteiger partial charge in [-0.2, -0.15) is 0 Å². The summed E-state index contributed by atoms with van der Waals surface area (Å²) in [5.74, 6) is 0.901. The number of rotatable bonds is 4. The summed E-state index contributed by atoms with van der Waals surface area (Å²) in [6.07, 6.45) is 4.28. The zero-order valence-electron chi connectivity index (χ0n) is 14.5. The van der Waals surface area contributed by atoms with Crippen molar-refractivity contribution in [3.63, 3.8) is 0 Å². The van der Waals surface area contributed by atoms with E-state index in [1.807, 2.05) is 36.4 Å². The standard InChI is InChI=1S/C20H22Cl2N4/c21-16-10-5-13(11-17(16)22)12-26-19-4-2-1-3-18(19)25-20(26)24-15-8-6-14(23)7-9-15/h1-5,10-11,14-15H,6-9,12,23H2,(H,24,25). The monoisotopic (exact) mass is 388 g/mol. The molecule has 136 valence electrons. The first-order chi connectivity index (χ1) is 12.6. The molecule has 4 nitrogen and oxygen atoms in total. The highest BCUT2D eigenvalue weighted by Gasteiger charge is 2.21. The summed E-state index contributed by atoms with van der Waals surface area (Å²) in [5, 5.41) is 4.79. The molecule has 0 unspecified atom stereocenters. The van der Waals surface area contributed by atoms with E-state index in [-0.39, 0.29) is 0 Å². The predicted molar refractivity (Wildman–Crippen MR) is 109 cm³/mol. The molecule has 3 aromatic rings. The summed E-state index contributed by atoms with van der Waals surface area (Å²) < 4.78 is 2.21. The highest BCUT2D eigenvalue weighted by atomic mass is 35.5. The number of hydrogen-bond acceptors (Lipinski definition) is 3. The SMILES string of the molecule is NC1CCC(Nc2nc3ccccc3n2Cc2ccc(Cl)c(Cl)c2)CC1. The van der Waals surface area contributed by atoms with Crippen LogP contribution in [-0.4, -0.2) is 21.6 Å². The molecule has 1 fully saturated rings. The first-order valence-corrected chi connectivity index (χ1v) is 9.77. The lowest BCUT2D eigenvalue weighted by Crippen LogP contribution is -2.33. The maximum atomic E-state index is 6.20. The number of aromatic nitrogens is 2. The molecular formula is C20H22Cl2N4. The minimum Gasteiger partial charge on any atom is -0.353 e. The topological polar surface area (TPSA) is 55.9 Å². The summed E-state index contributed by atoms with van der Waals surface area (Å²) in [6, 6.07) is 14.7. The van der Waals surface area contributed by atoms with Gasteiger partial charge >= 0.3 is 0 Å². The Morgan fingerprint density at radius 2 is 1.81 bits per heavy atom. The largest absolute Gasteiger partial charge is 0.353 e. The molecule has 1 aliphatic carbocycles. The lowest BCUT2D eigenvalue weighted by molar-refractivity contribution is 0.409. The van der Waals surface area contributed by atoms with Gasteiger partial charge in [0.05, 0.1) is 27.6 Å². The molecule has 1 heterocycles. The highest BCUT2D eigenvalue weighted by molar-refractivity contribution is 6.42. The van der Waals surface area contributed by atoms with Crippen molar-refractivity contribution in [2.75, 3.05) is 5.32 Å². The fraction of sp³-hybridized carbons (Fsp3) is 0.350. The second kappa shape index (κ2) is 7.47. The van der Waals surface area contributed by atoms with Crippen LogP contribution in [0.3, 0.4) is 0 Å². The quantitative estimate of drug-likeness (QED) is 0.655. The van der Waals surface area contributed by atoms with Crippen molar-refractivity contribution in [3.05, 3.63) is 58.1 Å². The van der Waals surface area contributed by atoms with E-state index in [2.05, 4.69) is 16.0 Å². The number of nitrogens with one attached hydrogen (secondary N) is 1. The van der Waals surface area contributed by atoms with Crippen LogP contribution in [-0.2, 0) is 6.54 Å². The minimum absolute atomic E-state index is 0.336. The molecule has 0 spiro atoms. The van der Waals surface area contributed by atoms with Crippen molar-refractivity contribution in [3.8, 4) is 0 Å². The normalized spacial score (nSPS) is 20.4. The van der Waals surface area contributed by atoms with Gasteiger partial charge in [0.2, 0.25) is 5.95 Å². The molecular weight excluding hydrogens is 367 g/mol. The van der Waals surface area contributed by atoms with E-state index < -0.39 is 0 Å². The van der Waals surface area contributed by atoms with Crippen molar-refractivity contribution in [2.24, 2.45) is 5.73 Å². The number of para-hydroxylation sites is 2. The van der Waals surface area contributed by atoms with Crippen LogP contribution in [0, 0.1) is 0 Å². The zero-order chi connectivity index (χ0) is 18.1. The summed E-state index contributed by atoms with van der Waals surface area (Å²) in [7, 11) is 0. The molecule has 26 heavy (non-hydrogen) atoms. The van der Waals surface area contributed by atoms with Crippen molar-refractivity contribution < 1.29 is 0 Å². The number of halogens is 2. The summed E-state index contributed by atoms with van der Waals surface area (Å²) in [6.45, 7) is 0.686. The molecule has 0 atom stereocenters. The van der Waals surface area contributed by atoms with Gasteiger partial charge < -0.3 is 15.6 Å². The maximum Gasteiger partial charge on any atom is 0.204 e. The van der Waals surface area contributed by atoms with Gasteiger partial charge in [-0.3, -0.25) is 0 Å². The Hall–Kier alpha value is -1.75. The van der Waals surface area contributed by atoms with Crippen LogP contribution < -0.4 is 11.1 Å². The van der Waals surface area contributed by atoms with E-state index in [0.717, 1.165) is 48.2 Å². The first-order valence-electron chi connectivity index (χ1n) is 9.01. The van der Waals surface area contributed by atoms with Crippen molar-refractivity contribution >= 4 is 40.2 Å². The molecule has 1 saturated carbocycles. The van der Waals surface area contributed by atoms with Gasteiger partial charge in [-0.05, 0) is 55.5 Å². The molecule has 2 aromatic carbocycles. The van der Waals surface area contributed by atoms with E-state index >= 15 is 0 Å². The Balaban J connectivity index is 1.66. The second-order valence-corrected chi connectivity index (χ2v) is 7.83. The van der Waals surface area contributed by atoms with Gasteiger partial charge in [-0.1, -0.05) is 41.4 Å². The van der Waals surface area contributed by atoms with Crippen LogP contribution >= 0.6 is 23.2 Å². The molecule has 6 heteroatoms. The Morgan fingerprint density at radius 1 is 1.04 bits per heavy atom. The highest BCUT2D eigenvalue weighted by Crippen LogP contribution is 2.27. The molecule has 0 amide bonds.